The fourth-order valence-electron chi connectivity index (χ4n) is 4.50. The van der Waals surface area contributed by atoms with Crippen LogP contribution in [0.4, 0.5) is 5.69 Å². The van der Waals surface area contributed by atoms with E-state index < -0.39 is 16.9 Å². The Morgan fingerprint density at radius 3 is 2.48 bits per heavy atom. The number of halogens is 2. The van der Waals surface area contributed by atoms with Crippen molar-refractivity contribution >= 4 is 60.9 Å². The summed E-state index contributed by atoms with van der Waals surface area (Å²) < 4.78 is 14.8. The number of aromatic nitrogens is 1. The van der Waals surface area contributed by atoms with Gasteiger partial charge in [-0.05, 0) is 88.9 Å². The van der Waals surface area contributed by atoms with Gasteiger partial charge in [-0.2, -0.15) is 0 Å². The van der Waals surface area contributed by atoms with E-state index in [0.29, 0.717) is 30.8 Å². The summed E-state index contributed by atoms with van der Waals surface area (Å²) in [6.45, 7) is 3.92. The third-order valence-corrected chi connectivity index (χ3v) is 8.63. The minimum absolute atomic E-state index is 0.0185. The van der Waals surface area contributed by atoms with Gasteiger partial charge in [-0.15, -0.1) is 0 Å². The van der Waals surface area contributed by atoms with E-state index in [1.807, 2.05) is 36.4 Å². The maximum absolute atomic E-state index is 13.8. The number of benzene rings is 3. The topological polar surface area (TPSA) is 113 Å². The van der Waals surface area contributed by atoms with E-state index >= 15 is 0 Å². The number of nitrogens with zero attached hydrogens (tertiary/aromatic N) is 3. The molecule has 5 rings (SSSR count). The number of rotatable bonds is 8. The molecule has 9 nitrogen and oxygen atoms in total. The second kappa shape index (κ2) is 12.6. The molecule has 12 heteroatoms. The summed E-state index contributed by atoms with van der Waals surface area (Å²) in [7, 11) is 0. The smallest absolute Gasteiger partial charge is 0.338 e. The largest absolute Gasteiger partial charge is 0.488 e. The monoisotopic (exact) mass is 711 g/mol. The molecule has 3 aromatic carbocycles. The number of allylic oxidation sites excluding steroid dienone is 1. The molecule has 0 N–H and O–H groups in total. The summed E-state index contributed by atoms with van der Waals surface area (Å²) in [5.74, 6) is 0.0751. The molecule has 42 heavy (non-hydrogen) atoms. The number of nitro groups is 1. The van der Waals surface area contributed by atoms with Crippen LogP contribution in [-0.4, -0.2) is 22.1 Å². The predicted molar refractivity (Wildman–Crippen MR) is 166 cm³/mol. The Bertz CT molecular complexity index is 1900. The molecule has 1 aliphatic heterocycles. The van der Waals surface area contributed by atoms with Crippen LogP contribution in [0.1, 0.15) is 36.6 Å². The lowest BCUT2D eigenvalue weighted by atomic mass is 9.96. The molecule has 0 saturated heterocycles. The molecular formula is C30H23Br2N3O6S. The summed E-state index contributed by atoms with van der Waals surface area (Å²) in [6, 6.07) is 18.4. The normalized spacial score (nSPS) is 14.8. The van der Waals surface area contributed by atoms with Gasteiger partial charge in [0.2, 0.25) is 0 Å². The number of fused-ring (bicyclic) bond motifs is 1. The molecule has 1 aromatic heterocycles. The van der Waals surface area contributed by atoms with E-state index in [1.54, 1.807) is 42.7 Å². The molecule has 0 unspecified atom stereocenters. The van der Waals surface area contributed by atoms with Gasteiger partial charge in [0.25, 0.3) is 11.2 Å². The number of thiazole rings is 1. The maximum atomic E-state index is 13.8. The van der Waals surface area contributed by atoms with Crippen LogP contribution in [0, 0.1) is 10.1 Å². The van der Waals surface area contributed by atoms with Crippen molar-refractivity contribution in [3.8, 4) is 5.75 Å². The lowest BCUT2D eigenvalue weighted by molar-refractivity contribution is -0.384. The first-order chi connectivity index (χ1) is 20.2. The number of hydrogen-bond donors (Lipinski definition) is 0. The lowest BCUT2D eigenvalue weighted by Crippen LogP contribution is -2.39. The molecular weight excluding hydrogens is 690 g/mol. The lowest BCUT2D eigenvalue weighted by Gasteiger charge is -2.24. The van der Waals surface area contributed by atoms with E-state index in [2.05, 4.69) is 36.9 Å². The third-order valence-electron chi connectivity index (χ3n) is 6.50. The minimum Gasteiger partial charge on any atom is -0.488 e. The van der Waals surface area contributed by atoms with Gasteiger partial charge in [0.1, 0.15) is 12.4 Å². The van der Waals surface area contributed by atoms with E-state index in [4.69, 9.17) is 9.47 Å². The van der Waals surface area contributed by atoms with Gasteiger partial charge in [0.05, 0.1) is 37.8 Å². The van der Waals surface area contributed by atoms with Gasteiger partial charge >= 0.3 is 5.97 Å². The van der Waals surface area contributed by atoms with Crippen molar-refractivity contribution in [2.45, 2.75) is 26.5 Å². The van der Waals surface area contributed by atoms with Gasteiger partial charge in [-0.1, -0.05) is 45.5 Å². The van der Waals surface area contributed by atoms with Crippen molar-refractivity contribution in [3.05, 3.63) is 133 Å². The van der Waals surface area contributed by atoms with Crippen molar-refractivity contribution in [1.82, 2.24) is 4.57 Å². The first kappa shape index (κ1) is 29.6. The van der Waals surface area contributed by atoms with Gasteiger partial charge < -0.3 is 9.47 Å². The minimum atomic E-state index is -0.683. The molecule has 1 aliphatic rings. The Balaban J connectivity index is 1.47. The summed E-state index contributed by atoms with van der Waals surface area (Å²) in [5, 5.41) is 10.9. The van der Waals surface area contributed by atoms with Crippen molar-refractivity contribution in [2.24, 2.45) is 4.99 Å². The molecule has 0 bridgehead atoms. The summed E-state index contributed by atoms with van der Waals surface area (Å²) >= 11 is 8.23. The second-order valence-corrected chi connectivity index (χ2v) is 12.0. The van der Waals surface area contributed by atoms with E-state index in [1.165, 1.54) is 23.5 Å². The van der Waals surface area contributed by atoms with Crippen molar-refractivity contribution < 1.29 is 19.2 Å². The summed E-state index contributed by atoms with van der Waals surface area (Å²) in [4.78, 5) is 42.3. The van der Waals surface area contributed by atoms with Gasteiger partial charge in [-0.3, -0.25) is 19.5 Å². The molecule has 0 amide bonds. The standard InChI is InChI=1S/C30H23Br2N3O6S/c1-3-40-29(37)26-17(2)33-30-34(27(26)20-7-9-21(31)10-8-20)28(36)25(42-30)15-19-6-13-24(23(32)14-19)41-16-18-4-11-22(12-5-18)35(38)39/h4-15,27H,3,16H2,1-2H3/b25-15-/t27-/m0/s1. The molecule has 0 saturated carbocycles. The van der Waals surface area contributed by atoms with E-state index in [-0.39, 0.29) is 24.5 Å². The molecule has 0 fully saturated rings. The second-order valence-electron chi connectivity index (χ2n) is 9.26. The SMILES string of the molecule is CCOC(=O)C1=C(C)N=c2s/c(=C\c3ccc(OCc4ccc([N+](=O)[O-])cc4)c(Br)c3)c(=O)n2[C@H]1c1ccc(Br)cc1. The van der Waals surface area contributed by atoms with Crippen LogP contribution in [0.5, 0.6) is 5.75 Å². The van der Waals surface area contributed by atoms with Crippen LogP contribution in [-0.2, 0) is 16.1 Å². The number of hydrogen-bond acceptors (Lipinski definition) is 8. The van der Waals surface area contributed by atoms with Crippen LogP contribution in [0.2, 0.25) is 0 Å². The molecule has 0 aliphatic carbocycles. The highest BCUT2D eigenvalue weighted by Crippen LogP contribution is 2.32. The highest BCUT2D eigenvalue weighted by atomic mass is 79.9. The maximum Gasteiger partial charge on any atom is 0.338 e. The molecule has 214 valence electrons. The first-order valence-electron chi connectivity index (χ1n) is 12.8. The van der Waals surface area contributed by atoms with Crippen LogP contribution >= 0.6 is 43.2 Å². The molecule has 4 aromatic rings. The van der Waals surface area contributed by atoms with Crippen LogP contribution < -0.4 is 19.6 Å². The third kappa shape index (κ3) is 6.15. The zero-order chi connectivity index (χ0) is 30.0. The number of carbonyl (C=O) groups is 1. The fourth-order valence-corrected chi connectivity index (χ4v) is 6.32. The highest BCUT2D eigenvalue weighted by molar-refractivity contribution is 9.10. The quantitative estimate of drug-likeness (QED) is 0.130. The van der Waals surface area contributed by atoms with Crippen LogP contribution in [0.3, 0.4) is 0 Å². The van der Waals surface area contributed by atoms with E-state index in [9.17, 15) is 19.7 Å². The Hall–Kier alpha value is -3.87. The van der Waals surface area contributed by atoms with Crippen molar-refractivity contribution in [2.75, 3.05) is 6.61 Å². The molecule has 0 radical (unpaired) electrons. The van der Waals surface area contributed by atoms with Gasteiger partial charge in [0.15, 0.2) is 4.80 Å². The summed E-state index contributed by atoms with van der Waals surface area (Å²) in [5.41, 5.74) is 2.90. The van der Waals surface area contributed by atoms with Gasteiger partial charge in [0, 0.05) is 16.6 Å². The Morgan fingerprint density at radius 1 is 1.12 bits per heavy atom. The number of nitro benzene ring substituents is 1. The van der Waals surface area contributed by atoms with E-state index in [0.717, 1.165) is 21.2 Å². The number of carbonyl (C=O) groups excluding carboxylic acids is 1. The zero-order valence-electron chi connectivity index (χ0n) is 22.4. The summed E-state index contributed by atoms with van der Waals surface area (Å²) in [6.07, 6.45) is 1.77. The van der Waals surface area contributed by atoms with Crippen LogP contribution in [0.25, 0.3) is 6.08 Å². The van der Waals surface area contributed by atoms with Gasteiger partial charge in [-0.25, -0.2) is 9.79 Å². The Labute approximate surface area is 260 Å². The average molecular weight is 713 g/mol. The molecule has 0 spiro atoms. The van der Waals surface area contributed by atoms with Crippen LogP contribution in [0.15, 0.2) is 96.7 Å². The van der Waals surface area contributed by atoms with Crippen molar-refractivity contribution in [1.29, 1.82) is 0 Å². The number of ether oxygens (including phenoxy) is 2. The van der Waals surface area contributed by atoms with Crippen molar-refractivity contribution in [3.63, 3.8) is 0 Å². The number of non-ortho nitro benzene ring substituents is 1. The fraction of sp³-hybridized carbons (Fsp3) is 0.167. The predicted octanol–water partition coefficient (Wildman–Crippen LogP) is 5.81. The number of esters is 1. The average Bonchev–Trinajstić information content (AvgIpc) is 3.26. The Morgan fingerprint density at radius 2 is 1.83 bits per heavy atom. The molecule has 1 atom stereocenters. The molecule has 2 heterocycles. The zero-order valence-corrected chi connectivity index (χ0v) is 26.4. The first-order valence-corrected chi connectivity index (χ1v) is 15.2. The Kier molecular flexibility index (Phi) is 8.85. The highest BCUT2D eigenvalue weighted by Gasteiger charge is 2.33.